The lowest BCUT2D eigenvalue weighted by Gasteiger charge is -2.04. The highest BCUT2D eigenvalue weighted by Gasteiger charge is 2.23. The average Bonchev–Trinajstić information content (AvgIpc) is 2.14. The standard InChI is InChI=1S/C7H2ClF3N2O2S/c8-16(14,15)5-1-3(6(9)10)4(2-12)7(11)13-5/h1,6H. The molecular weight excluding hydrogens is 269 g/mol. The number of alkyl halides is 2. The zero-order valence-corrected chi connectivity index (χ0v) is 8.86. The average molecular weight is 271 g/mol. The number of halogens is 4. The Morgan fingerprint density at radius 3 is 2.44 bits per heavy atom. The number of hydrogen-bond acceptors (Lipinski definition) is 4. The van der Waals surface area contributed by atoms with Gasteiger partial charge in [-0.15, -0.1) is 0 Å². The number of rotatable bonds is 2. The van der Waals surface area contributed by atoms with Gasteiger partial charge in [0.15, 0.2) is 5.03 Å². The van der Waals surface area contributed by atoms with Gasteiger partial charge in [0.2, 0.25) is 5.95 Å². The molecule has 1 aromatic heterocycles. The Labute approximate surface area is 92.7 Å². The van der Waals surface area contributed by atoms with Crippen LogP contribution in [0.2, 0.25) is 0 Å². The zero-order chi connectivity index (χ0) is 12.5. The van der Waals surface area contributed by atoms with Gasteiger partial charge in [0.05, 0.1) is 0 Å². The molecule has 4 nitrogen and oxygen atoms in total. The molecule has 0 spiro atoms. The van der Waals surface area contributed by atoms with Crippen LogP contribution in [0.25, 0.3) is 0 Å². The zero-order valence-electron chi connectivity index (χ0n) is 7.29. The molecule has 0 aromatic carbocycles. The second-order valence-electron chi connectivity index (χ2n) is 2.57. The summed E-state index contributed by atoms with van der Waals surface area (Å²) in [6.07, 6.45) is -3.20. The van der Waals surface area contributed by atoms with Gasteiger partial charge < -0.3 is 0 Å². The molecule has 0 atom stereocenters. The summed E-state index contributed by atoms with van der Waals surface area (Å²) in [5.74, 6) is -1.60. The molecule has 0 bridgehead atoms. The van der Waals surface area contributed by atoms with E-state index in [1.807, 2.05) is 0 Å². The summed E-state index contributed by atoms with van der Waals surface area (Å²) in [5.41, 5.74) is -2.06. The van der Waals surface area contributed by atoms with Crippen LogP contribution in [0.15, 0.2) is 11.1 Å². The van der Waals surface area contributed by atoms with Crippen LogP contribution in [0.1, 0.15) is 17.6 Å². The molecule has 0 radical (unpaired) electrons. The van der Waals surface area contributed by atoms with Crippen molar-refractivity contribution in [1.29, 1.82) is 5.26 Å². The van der Waals surface area contributed by atoms with E-state index in [0.717, 1.165) is 0 Å². The summed E-state index contributed by atoms with van der Waals surface area (Å²) in [6.45, 7) is 0. The molecule has 0 aliphatic rings. The first-order valence-electron chi connectivity index (χ1n) is 3.60. The minimum Gasteiger partial charge on any atom is -0.205 e. The summed E-state index contributed by atoms with van der Waals surface area (Å²) < 4.78 is 59.3. The van der Waals surface area contributed by atoms with Crippen LogP contribution < -0.4 is 0 Å². The molecule has 0 fully saturated rings. The topological polar surface area (TPSA) is 70.8 Å². The summed E-state index contributed by atoms with van der Waals surface area (Å²) in [5, 5.41) is 7.34. The highest BCUT2D eigenvalue weighted by atomic mass is 35.7. The number of nitriles is 1. The van der Waals surface area contributed by atoms with E-state index in [-0.39, 0.29) is 0 Å². The smallest absolute Gasteiger partial charge is 0.205 e. The first-order valence-corrected chi connectivity index (χ1v) is 5.91. The van der Waals surface area contributed by atoms with Gasteiger partial charge in [0.25, 0.3) is 15.5 Å². The normalized spacial score (nSPS) is 11.5. The molecule has 1 heterocycles. The molecule has 86 valence electrons. The molecule has 1 rings (SSSR count). The lowest BCUT2D eigenvalue weighted by Crippen LogP contribution is -2.04. The van der Waals surface area contributed by atoms with Crippen LogP contribution in [0.5, 0.6) is 0 Å². The number of pyridine rings is 1. The fourth-order valence-electron chi connectivity index (χ4n) is 0.917. The van der Waals surface area contributed by atoms with Crippen LogP contribution in [0, 0.1) is 17.3 Å². The summed E-state index contributed by atoms with van der Waals surface area (Å²) in [7, 11) is 0.390. The van der Waals surface area contributed by atoms with E-state index < -0.39 is 37.6 Å². The van der Waals surface area contributed by atoms with Crippen molar-refractivity contribution in [3.8, 4) is 6.07 Å². The molecular formula is C7H2ClF3N2O2S. The maximum Gasteiger partial charge on any atom is 0.278 e. The Kier molecular flexibility index (Phi) is 3.40. The van der Waals surface area contributed by atoms with Crippen molar-refractivity contribution >= 4 is 19.7 Å². The highest BCUT2D eigenvalue weighted by Crippen LogP contribution is 2.26. The largest absolute Gasteiger partial charge is 0.278 e. The molecule has 0 saturated carbocycles. The van der Waals surface area contributed by atoms with E-state index in [0.29, 0.717) is 6.07 Å². The van der Waals surface area contributed by atoms with Gasteiger partial charge in [-0.2, -0.15) is 9.65 Å². The summed E-state index contributed by atoms with van der Waals surface area (Å²) in [6, 6.07) is 1.54. The van der Waals surface area contributed by atoms with E-state index in [4.69, 9.17) is 15.9 Å². The van der Waals surface area contributed by atoms with Crippen molar-refractivity contribution in [1.82, 2.24) is 4.98 Å². The van der Waals surface area contributed by atoms with Crippen LogP contribution in [0.3, 0.4) is 0 Å². The van der Waals surface area contributed by atoms with Crippen molar-refractivity contribution in [2.45, 2.75) is 11.5 Å². The van der Waals surface area contributed by atoms with Gasteiger partial charge in [-0.1, -0.05) is 0 Å². The predicted molar refractivity (Wildman–Crippen MR) is 46.9 cm³/mol. The minimum absolute atomic E-state index is 0.370. The quantitative estimate of drug-likeness (QED) is 0.608. The van der Waals surface area contributed by atoms with Crippen LogP contribution in [0.4, 0.5) is 13.2 Å². The third-order valence-corrected chi connectivity index (χ3v) is 2.76. The van der Waals surface area contributed by atoms with E-state index in [2.05, 4.69) is 4.98 Å². The van der Waals surface area contributed by atoms with Crippen LogP contribution in [-0.4, -0.2) is 13.4 Å². The van der Waals surface area contributed by atoms with E-state index in [1.165, 1.54) is 6.07 Å². The van der Waals surface area contributed by atoms with Crippen molar-refractivity contribution in [3.05, 3.63) is 23.1 Å². The van der Waals surface area contributed by atoms with Crippen molar-refractivity contribution in [3.63, 3.8) is 0 Å². The molecule has 9 heteroatoms. The first kappa shape index (κ1) is 12.7. The third-order valence-electron chi connectivity index (χ3n) is 1.58. The van der Waals surface area contributed by atoms with Crippen LogP contribution in [-0.2, 0) is 9.05 Å². The molecule has 0 amide bonds. The lowest BCUT2D eigenvalue weighted by atomic mass is 10.1. The van der Waals surface area contributed by atoms with Crippen molar-refractivity contribution in [2.75, 3.05) is 0 Å². The van der Waals surface area contributed by atoms with E-state index in [9.17, 15) is 21.6 Å². The molecule has 0 aliphatic carbocycles. The SMILES string of the molecule is N#Cc1c(C(F)F)cc(S(=O)(=O)Cl)nc1F. The summed E-state index contributed by atoms with van der Waals surface area (Å²) in [4.78, 5) is 2.82. The monoisotopic (exact) mass is 270 g/mol. The number of nitrogens with zero attached hydrogens (tertiary/aromatic N) is 2. The van der Waals surface area contributed by atoms with E-state index in [1.54, 1.807) is 0 Å². The van der Waals surface area contributed by atoms with Gasteiger partial charge in [-0.25, -0.2) is 22.2 Å². The maximum atomic E-state index is 13.0. The fraction of sp³-hybridized carbons (Fsp3) is 0.143. The Morgan fingerprint density at radius 1 is 1.50 bits per heavy atom. The molecule has 0 N–H and O–H groups in total. The Bertz CT molecular complexity index is 568. The molecule has 1 aromatic rings. The second kappa shape index (κ2) is 4.27. The van der Waals surface area contributed by atoms with Gasteiger partial charge >= 0.3 is 0 Å². The highest BCUT2D eigenvalue weighted by molar-refractivity contribution is 8.13. The Morgan fingerprint density at radius 2 is 2.06 bits per heavy atom. The Hall–Kier alpha value is -1.33. The second-order valence-corrected chi connectivity index (χ2v) is 5.08. The number of aromatic nitrogens is 1. The van der Waals surface area contributed by atoms with Crippen molar-refractivity contribution in [2.24, 2.45) is 0 Å². The maximum absolute atomic E-state index is 13.0. The van der Waals surface area contributed by atoms with Gasteiger partial charge in [0.1, 0.15) is 11.6 Å². The van der Waals surface area contributed by atoms with Crippen molar-refractivity contribution < 1.29 is 21.6 Å². The van der Waals surface area contributed by atoms with Gasteiger partial charge in [-0.3, -0.25) is 0 Å². The van der Waals surface area contributed by atoms with Gasteiger partial charge in [-0.05, 0) is 6.07 Å². The molecule has 0 unspecified atom stereocenters. The molecule has 16 heavy (non-hydrogen) atoms. The minimum atomic E-state index is -4.43. The third kappa shape index (κ3) is 2.43. The Balaban J connectivity index is 3.61. The number of hydrogen-bond donors (Lipinski definition) is 0. The lowest BCUT2D eigenvalue weighted by molar-refractivity contribution is 0.150. The molecule has 0 saturated heterocycles. The van der Waals surface area contributed by atoms with Crippen LogP contribution >= 0.6 is 10.7 Å². The first-order chi connectivity index (χ1) is 7.27. The molecule has 0 aliphatic heterocycles. The fourth-order valence-corrected chi connectivity index (χ4v) is 1.61. The van der Waals surface area contributed by atoms with E-state index >= 15 is 0 Å². The van der Waals surface area contributed by atoms with Gasteiger partial charge in [0, 0.05) is 16.2 Å². The summed E-state index contributed by atoms with van der Waals surface area (Å²) >= 11 is 0. The predicted octanol–water partition coefficient (Wildman–Crippen LogP) is 1.96.